The molecular formula is C14H26N2O3. The van der Waals surface area contributed by atoms with E-state index in [0.717, 1.165) is 19.3 Å². The van der Waals surface area contributed by atoms with Gasteiger partial charge < -0.3 is 15.3 Å². The van der Waals surface area contributed by atoms with Gasteiger partial charge in [0.15, 0.2) is 0 Å². The monoisotopic (exact) mass is 270 g/mol. The van der Waals surface area contributed by atoms with Crippen molar-refractivity contribution < 1.29 is 14.7 Å². The topological polar surface area (TPSA) is 69.6 Å². The van der Waals surface area contributed by atoms with E-state index < -0.39 is 0 Å². The normalized spacial score (nSPS) is 23.2. The summed E-state index contributed by atoms with van der Waals surface area (Å²) in [5.74, 6) is 0.368. The summed E-state index contributed by atoms with van der Waals surface area (Å²) in [7, 11) is 0. The number of hydrogen-bond donors (Lipinski definition) is 2. The number of carbonyl (C=O) groups is 2. The van der Waals surface area contributed by atoms with Crippen molar-refractivity contribution in [1.29, 1.82) is 0 Å². The second-order valence-electron chi connectivity index (χ2n) is 5.47. The fraction of sp³-hybridized carbons (Fsp3) is 0.857. The Morgan fingerprint density at radius 2 is 2.05 bits per heavy atom. The van der Waals surface area contributed by atoms with Crippen LogP contribution in [0.5, 0.6) is 0 Å². The number of likely N-dealkylation sites (tertiary alicyclic amines) is 1. The molecule has 2 unspecified atom stereocenters. The minimum atomic E-state index is -0.262. The number of hydrogen-bond acceptors (Lipinski definition) is 3. The highest BCUT2D eigenvalue weighted by Crippen LogP contribution is 2.17. The van der Waals surface area contributed by atoms with Crippen molar-refractivity contribution in [2.24, 2.45) is 5.92 Å². The van der Waals surface area contributed by atoms with Gasteiger partial charge in [0.25, 0.3) is 0 Å². The zero-order valence-corrected chi connectivity index (χ0v) is 12.0. The maximum absolute atomic E-state index is 12.0. The van der Waals surface area contributed by atoms with Gasteiger partial charge in [0, 0.05) is 33.0 Å². The van der Waals surface area contributed by atoms with Gasteiger partial charge in [-0.15, -0.1) is 0 Å². The van der Waals surface area contributed by atoms with Crippen molar-refractivity contribution in [2.75, 3.05) is 19.6 Å². The van der Waals surface area contributed by atoms with Crippen LogP contribution in [0, 0.1) is 5.92 Å². The van der Waals surface area contributed by atoms with Crippen LogP contribution >= 0.6 is 0 Å². The van der Waals surface area contributed by atoms with Crippen LogP contribution in [-0.4, -0.2) is 47.6 Å². The lowest BCUT2D eigenvalue weighted by atomic mass is 9.96. The molecule has 0 aromatic heterocycles. The fourth-order valence-electron chi connectivity index (χ4n) is 2.36. The van der Waals surface area contributed by atoms with E-state index in [0.29, 0.717) is 32.5 Å². The predicted octanol–water partition coefficient (Wildman–Crippen LogP) is 0.912. The molecule has 2 amide bonds. The molecule has 0 spiro atoms. The second kappa shape index (κ2) is 8.15. The van der Waals surface area contributed by atoms with E-state index in [1.165, 1.54) is 6.92 Å². The molecule has 1 aliphatic heterocycles. The molecule has 0 saturated carbocycles. The number of amides is 2. The zero-order valence-electron chi connectivity index (χ0n) is 12.0. The van der Waals surface area contributed by atoms with Gasteiger partial charge in [-0.1, -0.05) is 13.3 Å². The third-order valence-electron chi connectivity index (χ3n) is 3.65. The maximum Gasteiger partial charge on any atom is 0.222 e. The lowest BCUT2D eigenvalue weighted by Crippen LogP contribution is -2.44. The smallest absolute Gasteiger partial charge is 0.222 e. The Morgan fingerprint density at radius 1 is 1.32 bits per heavy atom. The van der Waals surface area contributed by atoms with E-state index in [2.05, 4.69) is 5.32 Å². The number of aliphatic hydroxyl groups is 1. The Kier molecular flexibility index (Phi) is 6.84. The highest BCUT2D eigenvalue weighted by atomic mass is 16.3. The standard InChI is InChI=1S/C14H26N2O3/c1-11-10-16(9-7-13(11)18)14(19)6-4-3-5-8-15-12(2)17/h11,13,18H,3-10H2,1-2H3,(H,15,17). The van der Waals surface area contributed by atoms with Crippen LogP contribution in [0.4, 0.5) is 0 Å². The van der Waals surface area contributed by atoms with Gasteiger partial charge in [0.05, 0.1) is 6.10 Å². The van der Waals surface area contributed by atoms with E-state index in [9.17, 15) is 14.7 Å². The second-order valence-corrected chi connectivity index (χ2v) is 5.47. The van der Waals surface area contributed by atoms with Crippen LogP contribution in [-0.2, 0) is 9.59 Å². The largest absolute Gasteiger partial charge is 0.393 e. The molecule has 0 bridgehead atoms. The van der Waals surface area contributed by atoms with Gasteiger partial charge in [0.2, 0.25) is 11.8 Å². The van der Waals surface area contributed by atoms with Crippen molar-refractivity contribution in [3.05, 3.63) is 0 Å². The molecule has 2 N–H and O–H groups in total. The summed E-state index contributed by atoms with van der Waals surface area (Å²) in [5.41, 5.74) is 0. The van der Waals surface area contributed by atoms with Crippen LogP contribution in [0.2, 0.25) is 0 Å². The number of carbonyl (C=O) groups excluding carboxylic acids is 2. The summed E-state index contributed by atoms with van der Waals surface area (Å²) >= 11 is 0. The summed E-state index contributed by atoms with van der Waals surface area (Å²) in [4.78, 5) is 24.5. The summed E-state index contributed by atoms with van der Waals surface area (Å²) in [6.45, 7) is 5.53. The molecule has 1 fully saturated rings. The summed E-state index contributed by atoms with van der Waals surface area (Å²) < 4.78 is 0. The summed E-state index contributed by atoms with van der Waals surface area (Å²) in [6, 6.07) is 0. The molecule has 19 heavy (non-hydrogen) atoms. The fourth-order valence-corrected chi connectivity index (χ4v) is 2.36. The van der Waals surface area contributed by atoms with Crippen molar-refractivity contribution in [1.82, 2.24) is 10.2 Å². The van der Waals surface area contributed by atoms with Gasteiger partial charge in [-0.25, -0.2) is 0 Å². The number of nitrogens with one attached hydrogen (secondary N) is 1. The van der Waals surface area contributed by atoms with Gasteiger partial charge in [-0.3, -0.25) is 9.59 Å². The average Bonchev–Trinajstić information content (AvgIpc) is 2.36. The van der Waals surface area contributed by atoms with E-state index >= 15 is 0 Å². The highest BCUT2D eigenvalue weighted by Gasteiger charge is 2.26. The van der Waals surface area contributed by atoms with Gasteiger partial charge in [-0.05, 0) is 25.2 Å². The first-order valence-corrected chi connectivity index (χ1v) is 7.21. The van der Waals surface area contributed by atoms with E-state index in [1.807, 2.05) is 11.8 Å². The first-order valence-electron chi connectivity index (χ1n) is 7.21. The molecule has 0 radical (unpaired) electrons. The van der Waals surface area contributed by atoms with Crippen LogP contribution < -0.4 is 5.32 Å². The molecule has 110 valence electrons. The molecule has 1 saturated heterocycles. The Balaban J connectivity index is 2.09. The number of unbranched alkanes of at least 4 members (excludes halogenated alkanes) is 2. The number of aliphatic hydroxyl groups excluding tert-OH is 1. The first kappa shape index (κ1) is 16.0. The average molecular weight is 270 g/mol. The first-order chi connectivity index (χ1) is 9.00. The molecule has 1 aliphatic rings. The molecular weight excluding hydrogens is 244 g/mol. The molecule has 0 aromatic rings. The van der Waals surface area contributed by atoms with Crippen LogP contribution in [0.25, 0.3) is 0 Å². The maximum atomic E-state index is 12.0. The third kappa shape index (κ3) is 6.05. The van der Waals surface area contributed by atoms with Gasteiger partial charge in [-0.2, -0.15) is 0 Å². The summed E-state index contributed by atoms with van der Waals surface area (Å²) in [6.07, 6.45) is 3.74. The van der Waals surface area contributed by atoms with Crippen LogP contribution in [0.1, 0.15) is 46.0 Å². The molecule has 1 heterocycles. The van der Waals surface area contributed by atoms with Gasteiger partial charge in [0.1, 0.15) is 0 Å². The highest BCUT2D eigenvalue weighted by molar-refractivity contribution is 5.76. The minimum absolute atomic E-state index is 0.00283. The Labute approximate surface area is 115 Å². The summed E-state index contributed by atoms with van der Waals surface area (Å²) in [5, 5.41) is 12.4. The van der Waals surface area contributed by atoms with E-state index in [-0.39, 0.29) is 23.8 Å². The lowest BCUT2D eigenvalue weighted by Gasteiger charge is -2.34. The Hall–Kier alpha value is -1.10. The SMILES string of the molecule is CC(=O)NCCCCCC(=O)N1CCC(O)C(C)C1. The molecule has 1 rings (SSSR count). The zero-order chi connectivity index (χ0) is 14.3. The molecule has 0 aliphatic carbocycles. The minimum Gasteiger partial charge on any atom is -0.393 e. The molecule has 5 heteroatoms. The quantitative estimate of drug-likeness (QED) is 0.705. The van der Waals surface area contributed by atoms with Crippen molar-refractivity contribution in [3.63, 3.8) is 0 Å². The van der Waals surface area contributed by atoms with Crippen molar-refractivity contribution in [2.45, 2.75) is 52.1 Å². The Morgan fingerprint density at radius 3 is 2.68 bits per heavy atom. The van der Waals surface area contributed by atoms with Crippen LogP contribution in [0.15, 0.2) is 0 Å². The predicted molar refractivity (Wildman–Crippen MR) is 73.5 cm³/mol. The van der Waals surface area contributed by atoms with Crippen molar-refractivity contribution in [3.8, 4) is 0 Å². The number of nitrogens with zero attached hydrogens (tertiary/aromatic N) is 1. The van der Waals surface area contributed by atoms with Crippen LogP contribution in [0.3, 0.4) is 0 Å². The van der Waals surface area contributed by atoms with Gasteiger partial charge >= 0.3 is 0 Å². The van der Waals surface area contributed by atoms with Crippen molar-refractivity contribution >= 4 is 11.8 Å². The molecule has 5 nitrogen and oxygen atoms in total. The molecule has 2 atom stereocenters. The third-order valence-corrected chi connectivity index (χ3v) is 3.65. The van der Waals surface area contributed by atoms with E-state index in [4.69, 9.17) is 0 Å². The Bertz CT molecular complexity index is 307. The number of piperidine rings is 1. The molecule has 0 aromatic carbocycles. The number of rotatable bonds is 6. The van der Waals surface area contributed by atoms with E-state index in [1.54, 1.807) is 0 Å². The lowest BCUT2D eigenvalue weighted by molar-refractivity contribution is -0.134.